The molecule has 2 aliphatic rings. The first-order valence-corrected chi connectivity index (χ1v) is 24.0. The maximum absolute atomic E-state index is 2.87. The minimum Gasteiger partial charge on any atom is -0.147 e. The molecule has 0 nitrogen and oxygen atoms in total. The second-order valence-corrected chi connectivity index (χ2v) is 24.3. The third-order valence-corrected chi connectivity index (χ3v) is 20.2. The second kappa shape index (κ2) is 17.2. The largest absolute Gasteiger partial charge is 0.147 e. The van der Waals surface area contributed by atoms with Crippen LogP contribution in [0.5, 0.6) is 0 Å². The molecule has 0 atom stereocenters. The molecule has 0 aliphatic heterocycles. The number of allylic oxidation sites excluding steroid dienone is 4. The topological polar surface area (TPSA) is 0 Å². The first-order valence-electron chi connectivity index (χ1n) is 20.1. The third-order valence-electron chi connectivity index (χ3n) is 11.9. The molecule has 0 bridgehead atoms. The van der Waals surface area contributed by atoms with Crippen molar-refractivity contribution in [2.24, 2.45) is 0 Å². The molecule has 0 saturated heterocycles. The molecule has 6 aromatic rings. The Labute approximate surface area is 362 Å². The van der Waals surface area contributed by atoms with Crippen LogP contribution in [-0.4, -0.2) is 3.21 Å². The number of benzene rings is 6. The Balaban J connectivity index is 0.00000275. The molecule has 0 saturated carbocycles. The van der Waals surface area contributed by atoms with Gasteiger partial charge in [-0.15, -0.1) is 24.8 Å². The summed E-state index contributed by atoms with van der Waals surface area (Å²) in [5.41, 5.74) is 19.7. The van der Waals surface area contributed by atoms with Gasteiger partial charge in [0.1, 0.15) is 0 Å². The van der Waals surface area contributed by atoms with Crippen LogP contribution < -0.4 is 0 Å². The summed E-state index contributed by atoms with van der Waals surface area (Å²) in [6.07, 6.45) is 9.28. The van der Waals surface area contributed by atoms with Gasteiger partial charge in [-0.05, 0) is 0 Å². The minimum absolute atomic E-state index is 0. The Morgan fingerprint density at radius 1 is 0.544 bits per heavy atom. The van der Waals surface area contributed by atoms with E-state index in [-0.39, 0.29) is 35.6 Å². The van der Waals surface area contributed by atoms with Crippen LogP contribution >= 0.6 is 24.8 Å². The zero-order valence-corrected chi connectivity index (χ0v) is 38.8. The Morgan fingerprint density at radius 2 is 1.00 bits per heavy atom. The fourth-order valence-corrected chi connectivity index (χ4v) is 18.2. The molecular formula is C54H56Cl2Zr. The van der Waals surface area contributed by atoms with E-state index in [2.05, 4.69) is 207 Å². The van der Waals surface area contributed by atoms with E-state index in [4.69, 9.17) is 0 Å². The molecule has 0 heterocycles. The quantitative estimate of drug-likeness (QED) is 0.150. The molecule has 0 radical (unpaired) electrons. The summed E-state index contributed by atoms with van der Waals surface area (Å²) in [6.45, 7) is 18.9. The van der Waals surface area contributed by atoms with Crippen LogP contribution in [0.3, 0.4) is 0 Å². The van der Waals surface area contributed by atoms with Gasteiger partial charge in [-0.1, -0.05) is 0 Å². The fraction of sp³-hybridized carbons (Fsp3) is 0.241. The van der Waals surface area contributed by atoms with Crippen molar-refractivity contribution in [3.8, 4) is 33.4 Å². The molecule has 0 fully saturated rings. The van der Waals surface area contributed by atoms with E-state index in [9.17, 15) is 0 Å². The predicted octanol–water partition coefficient (Wildman–Crippen LogP) is 15.1. The van der Waals surface area contributed by atoms with E-state index in [1.165, 1.54) is 77.9 Å². The molecule has 6 aromatic carbocycles. The summed E-state index contributed by atoms with van der Waals surface area (Å²) in [6, 6.07) is 51.3. The molecule has 0 N–H and O–H groups in total. The van der Waals surface area contributed by atoms with Crippen molar-refractivity contribution in [2.75, 3.05) is 0 Å². The first kappa shape index (κ1) is 42.7. The van der Waals surface area contributed by atoms with Crippen molar-refractivity contribution in [1.82, 2.24) is 0 Å². The summed E-state index contributed by atoms with van der Waals surface area (Å²) in [5.74, 6) is 0. The van der Waals surface area contributed by atoms with Gasteiger partial charge in [0.2, 0.25) is 0 Å². The maximum Gasteiger partial charge on any atom is -0.147 e. The van der Waals surface area contributed by atoms with Crippen LogP contribution in [0.2, 0.25) is 0 Å². The van der Waals surface area contributed by atoms with Gasteiger partial charge < -0.3 is 0 Å². The number of hydrogen-bond donors (Lipinski definition) is 0. The van der Waals surface area contributed by atoms with E-state index in [0.29, 0.717) is 3.63 Å². The Hall–Kier alpha value is -3.87. The van der Waals surface area contributed by atoms with E-state index in [0.717, 1.165) is 12.8 Å². The first-order chi connectivity index (χ1) is 26.4. The molecule has 2 aliphatic carbocycles. The van der Waals surface area contributed by atoms with Gasteiger partial charge in [0.25, 0.3) is 0 Å². The Morgan fingerprint density at radius 3 is 1.44 bits per heavy atom. The van der Waals surface area contributed by atoms with Crippen molar-refractivity contribution >= 4 is 28.0 Å². The van der Waals surface area contributed by atoms with Gasteiger partial charge in [-0.25, -0.2) is 0 Å². The van der Waals surface area contributed by atoms with Crippen molar-refractivity contribution < 1.29 is 21.3 Å². The van der Waals surface area contributed by atoms with Crippen LogP contribution in [0.1, 0.15) is 96.1 Å². The van der Waals surface area contributed by atoms with Gasteiger partial charge in [0.15, 0.2) is 0 Å². The standard InChI is InChI=1S/C35H37.C14H12.C5H5.2ClH.Zr/c1-22-13-9-11-15-26(22)30-18-24-17-25-19-31(27-16-12-10-14-23(27)2)33(35(6,7)8)21-29(25)28(24)20-32(30)34(3,4)5;1-3-7-13(8-4-1)11-12-14-9-5-2-6-10-14;1-2-4-5-3-1;;;/h9-21H,1-8H3;1-10H,11H2;1-3H,4H2;2*1H;. The summed E-state index contributed by atoms with van der Waals surface area (Å²) in [7, 11) is 0. The third kappa shape index (κ3) is 8.37. The molecule has 0 amide bonds. The molecule has 290 valence electrons. The summed E-state index contributed by atoms with van der Waals surface area (Å²) in [4.78, 5) is 0. The zero-order chi connectivity index (χ0) is 38.5. The Bertz CT molecular complexity index is 2390. The van der Waals surface area contributed by atoms with Gasteiger partial charge in [-0.3, -0.25) is 0 Å². The van der Waals surface area contributed by atoms with E-state index < -0.39 is 21.3 Å². The van der Waals surface area contributed by atoms with E-state index in [1.807, 2.05) is 0 Å². The van der Waals surface area contributed by atoms with Crippen molar-refractivity contribution in [1.29, 1.82) is 0 Å². The average Bonchev–Trinajstić information content (AvgIpc) is 3.81. The monoisotopic (exact) mass is 864 g/mol. The van der Waals surface area contributed by atoms with Gasteiger partial charge in [0.05, 0.1) is 0 Å². The molecule has 8 rings (SSSR count). The molecule has 0 unspecified atom stereocenters. The molecule has 0 aromatic heterocycles. The summed E-state index contributed by atoms with van der Waals surface area (Å²) in [5, 5.41) is 0. The van der Waals surface area contributed by atoms with Crippen molar-refractivity contribution in [2.45, 2.75) is 82.7 Å². The van der Waals surface area contributed by atoms with Gasteiger partial charge >= 0.3 is 340 Å². The normalized spacial score (nSPS) is 13.9. The average molecular weight is 867 g/mol. The minimum atomic E-state index is -2.87. The smallest absolute Gasteiger partial charge is 0.147 e. The van der Waals surface area contributed by atoms with E-state index in [1.54, 1.807) is 6.49 Å². The van der Waals surface area contributed by atoms with Gasteiger partial charge in [-0.2, -0.15) is 0 Å². The SMILES string of the molecule is Cc1ccccc1-c1cc2c(cc1C(C)(C)C)-c1cc(C(C)(C)C)c(-c3ccccc3C)cc1[CH]2/[Zr]([C]1=CC=CC1)=[C](\Cc1ccccc1)c1ccccc1.Cl.Cl. The number of hydrogen-bond acceptors (Lipinski definition) is 0. The number of halogens is 2. The van der Waals surface area contributed by atoms with Crippen LogP contribution in [0, 0.1) is 13.8 Å². The summed E-state index contributed by atoms with van der Waals surface area (Å²) < 4.78 is 3.70. The number of aryl methyl sites for hydroxylation is 2. The molecule has 57 heavy (non-hydrogen) atoms. The number of rotatable bonds is 7. The van der Waals surface area contributed by atoms with Crippen molar-refractivity contribution in [3.63, 3.8) is 0 Å². The number of fused-ring (bicyclic) bond motifs is 3. The van der Waals surface area contributed by atoms with Crippen LogP contribution in [-0.2, 0) is 38.5 Å². The van der Waals surface area contributed by atoms with Gasteiger partial charge in [0, 0.05) is 0 Å². The Kier molecular flexibility index (Phi) is 12.9. The zero-order valence-electron chi connectivity index (χ0n) is 34.7. The molecule has 0 spiro atoms. The maximum atomic E-state index is 2.67. The predicted molar refractivity (Wildman–Crippen MR) is 248 cm³/mol. The fourth-order valence-electron chi connectivity index (χ4n) is 9.08. The van der Waals surface area contributed by atoms with Crippen LogP contribution in [0.15, 0.2) is 155 Å². The molecular weight excluding hydrogens is 811 g/mol. The van der Waals surface area contributed by atoms with E-state index >= 15 is 0 Å². The van der Waals surface area contributed by atoms with Crippen molar-refractivity contribution in [3.05, 3.63) is 199 Å². The summed E-state index contributed by atoms with van der Waals surface area (Å²) >= 11 is -2.87. The second-order valence-electron chi connectivity index (χ2n) is 17.8. The van der Waals surface area contributed by atoms with Crippen LogP contribution in [0.4, 0.5) is 0 Å². The van der Waals surface area contributed by atoms with Crippen LogP contribution in [0.25, 0.3) is 33.4 Å². The molecule has 3 heteroatoms.